The molecule has 3 nitrogen and oxygen atoms in total. The van der Waals surface area contributed by atoms with Crippen LogP contribution in [-0.2, 0) is 0 Å². The van der Waals surface area contributed by atoms with Crippen LogP contribution in [0.2, 0.25) is 0 Å². The number of piperidine rings is 2. The van der Waals surface area contributed by atoms with Crippen LogP contribution in [0.15, 0.2) is 0 Å². The smallest absolute Gasteiger partial charge is 0.0670 e. The van der Waals surface area contributed by atoms with Gasteiger partial charge < -0.3 is 10.2 Å². The van der Waals surface area contributed by atoms with Gasteiger partial charge in [0, 0.05) is 18.0 Å². The second-order valence-electron chi connectivity index (χ2n) is 7.79. The fourth-order valence-corrected chi connectivity index (χ4v) is 6.41. The molecular formula is C16H27NO2. The van der Waals surface area contributed by atoms with Gasteiger partial charge in [0.2, 0.25) is 0 Å². The minimum atomic E-state index is -0.136. The van der Waals surface area contributed by atoms with Gasteiger partial charge in [-0.2, -0.15) is 0 Å². The molecule has 3 heteroatoms. The first-order chi connectivity index (χ1) is 9.11. The van der Waals surface area contributed by atoms with E-state index in [1.165, 1.54) is 25.7 Å². The largest absolute Gasteiger partial charge is 0.393 e. The summed E-state index contributed by atoms with van der Waals surface area (Å²) in [4.78, 5) is 2.59. The van der Waals surface area contributed by atoms with Gasteiger partial charge in [0.25, 0.3) is 0 Å². The summed E-state index contributed by atoms with van der Waals surface area (Å²) in [6.07, 6.45) is 6.65. The Labute approximate surface area is 116 Å². The molecule has 4 rings (SSSR count). The second-order valence-corrected chi connectivity index (χ2v) is 7.79. The van der Waals surface area contributed by atoms with Gasteiger partial charge in [-0.15, -0.1) is 0 Å². The molecule has 0 aromatic heterocycles. The zero-order valence-corrected chi connectivity index (χ0v) is 12.0. The molecule has 0 aromatic rings. The standard InChI is InChI=1S/C16H27NO2/c1-10-5-11-6-15(19)13-3-2-4-17-9-12(18)7-14(11)16(13,17)8-10/h10-15,18-19H,2-9H2,1H3/t10-,11-,12+,13+,14+,15+,16-/m0/s1. The quantitative estimate of drug-likeness (QED) is 0.699. The summed E-state index contributed by atoms with van der Waals surface area (Å²) in [5.41, 5.74) is 0.234. The van der Waals surface area contributed by atoms with Crippen molar-refractivity contribution >= 4 is 0 Å². The van der Waals surface area contributed by atoms with Crippen LogP contribution in [0.25, 0.3) is 0 Å². The first-order valence-corrected chi connectivity index (χ1v) is 8.22. The van der Waals surface area contributed by atoms with E-state index in [1.54, 1.807) is 0 Å². The van der Waals surface area contributed by atoms with Crippen molar-refractivity contribution in [2.45, 2.75) is 63.2 Å². The molecule has 19 heavy (non-hydrogen) atoms. The van der Waals surface area contributed by atoms with Crippen LogP contribution in [0.1, 0.15) is 45.4 Å². The number of rotatable bonds is 0. The summed E-state index contributed by atoms with van der Waals surface area (Å²) in [6.45, 7) is 4.37. The van der Waals surface area contributed by atoms with Gasteiger partial charge in [-0.1, -0.05) is 6.92 Å². The minimum Gasteiger partial charge on any atom is -0.393 e. The van der Waals surface area contributed by atoms with Gasteiger partial charge in [0.15, 0.2) is 0 Å². The molecule has 2 aliphatic heterocycles. The highest BCUT2D eigenvalue weighted by Crippen LogP contribution is 2.60. The molecule has 2 N–H and O–H groups in total. The fraction of sp³-hybridized carbons (Fsp3) is 1.00. The Kier molecular flexibility index (Phi) is 2.78. The maximum atomic E-state index is 10.6. The minimum absolute atomic E-state index is 0.0909. The Morgan fingerprint density at radius 2 is 1.95 bits per heavy atom. The Morgan fingerprint density at radius 3 is 2.79 bits per heavy atom. The Morgan fingerprint density at radius 1 is 1.11 bits per heavy atom. The van der Waals surface area contributed by atoms with Crippen LogP contribution < -0.4 is 0 Å². The fourth-order valence-electron chi connectivity index (χ4n) is 6.41. The van der Waals surface area contributed by atoms with Crippen molar-refractivity contribution in [1.29, 1.82) is 0 Å². The van der Waals surface area contributed by atoms with Crippen LogP contribution in [0.4, 0.5) is 0 Å². The topological polar surface area (TPSA) is 43.7 Å². The molecule has 1 spiro atoms. The lowest BCUT2D eigenvalue weighted by molar-refractivity contribution is -0.212. The van der Waals surface area contributed by atoms with E-state index >= 15 is 0 Å². The van der Waals surface area contributed by atoms with Gasteiger partial charge in [-0.3, -0.25) is 4.90 Å². The normalized spacial score (nSPS) is 57.6. The molecule has 0 radical (unpaired) electrons. The average molecular weight is 265 g/mol. The molecule has 2 heterocycles. The van der Waals surface area contributed by atoms with Gasteiger partial charge in [0.05, 0.1) is 12.2 Å². The first-order valence-electron chi connectivity index (χ1n) is 8.22. The van der Waals surface area contributed by atoms with Crippen LogP contribution in [0.3, 0.4) is 0 Å². The molecule has 2 saturated carbocycles. The number of hydrogen-bond donors (Lipinski definition) is 2. The lowest BCUT2D eigenvalue weighted by Gasteiger charge is -2.68. The Balaban J connectivity index is 1.79. The van der Waals surface area contributed by atoms with E-state index in [2.05, 4.69) is 11.8 Å². The van der Waals surface area contributed by atoms with Gasteiger partial charge in [0.1, 0.15) is 0 Å². The van der Waals surface area contributed by atoms with Crippen molar-refractivity contribution in [3.05, 3.63) is 0 Å². The molecular weight excluding hydrogens is 238 g/mol. The zero-order chi connectivity index (χ0) is 13.2. The molecule has 0 aromatic carbocycles. The lowest BCUT2D eigenvalue weighted by Crippen LogP contribution is -2.73. The van der Waals surface area contributed by atoms with Crippen molar-refractivity contribution in [2.24, 2.45) is 23.7 Å². The second kappa shape index (κ2) is 4.19. The van der Waals surface area contributed by atoms with Crippen LogP contribution in [0.5, 0.6) is 0 Å². The highest BCUT2D eigenvalue weighted by molar-refractivity contribution is 5.16. The molecule has 2 saturated heterocycles. The van der Waals surface area contributed by atoms with Gasteiger partial charge in [-0.25, -0.2) is 0 Å². The van der Waals surface area contributed by atoms with E-state index in [0.717, 1.165) is 31.8 Å². The molecule has 0 unspecified atom stereocenters. The van der Waals surface area contributed by atoms with Crippen molar-refractivity contribution in [3.8, 4) is 0 Å². The van der Waals surface area contributed by atoms with E-state index in [0.29, 0.717) is 17.8 Å². The van der Waals surface area contributed by atoms with Crippen molar-refractivity contribution in [2.75, 3.05) is 13.1 Å². The number of aliphatic hydroxyl groups excluding tert-OH is 2. The zero-order valence-electron chi connectivity index (χ0n) is 12.0. The molecule has 2 aliphatic carbocycles. The van der Waals surface area contributed by atoms with E-state index < -0.39 is 0 Å². The lowest BCUT2D eigenvalue weighted by atomic mass is 9.48. The molecule has 7 atom stereocenters. The third-order valence-corrected chi connectivity index (χ3v) is 6.73. The molecule has 4 aliphatic rings. The third-order valence-electron chi connectivity index (χ3n) is 6.73. The van der Waals surface area contributed by atoms with Crippen molar-refractivity contribution < 1.29 is 10.2 Å². The predicted octanol–water partition coefficient (Wildman–Crippen LogP) is 1.63. The van der Waals surface area contributed by atoms with Crippen molar-refractivity contribution in [3.63, 3.8) is 0 Å². The number of nitrogens with zero attached hydrogens (tertiary/aromatic N) is 1. The van der Waals surface area contributed by atoms with Gasteiger partial charge in [-0.05, 0) is 62.8 Å². The SMILES string of the molecule is C[C@H]1C[C@H]2C[C@@H](O)[C@H]3CCCN4C[C@H](O)C[C@H]2[C@]34C1. The third kappa shape index (κ3) is 1.61. The maximum absolute atomic E-state index is 10.6. The van der Waals surface area contributed by atoms with Crippen LogP contribution >= 0.6 is 0 Å². The number of hydrogen-bond acceptors (Lipinski definition) is 3. The highest BCUT2D eigenvalue weighted by Gasteiger charge is 2.63. The molecule has 4 fully saturated rings. The van der Waals surface area contributed by atoms with E-state index in [1.807, 2.05) is 0 Å². The average Bonchev–Trinajstić information content (AvgIpc) is 2.34. The monoisotopic (exact) mass is 265 g/mol. The molecule has 2 bridgehead atoms. The van der Waals surface area contributed by atoms with Crippen LogP contribution in [-0.4, -0.2) is 45.9 Å². The summed E-state index contributed by atoms with van der Waals surface area (Å²) in [5, 5.41) is 20.9. The summed E-state index contributed by atoms with van der Waals surface area (Å²) in [6, 6.07) is 0. The first kappa shape index (κ1) is 12.6. The van der Waals surface area contributed by atoms with Crippen molar-refractivity contribution in [1.82, 2.24) is 4.90 Å². The predicted molar refractivity (Wildman–Crippen MR) is 73.7 cm³/mol. The van der Waals surface area contributed by atoms with E-state index in [4.69, 9.17) is 0 Å². The summed E-state index contributed by atoms with van der Waals surface area (Å²) >= 11 is 0. The highest BCUT2D eigenvalue weighted by atomic mass is 16.3. The van der Waals surface area contributed by atoms with Crippen LogP contribution in [0, 0.1) is 23.7 Å². The van der Waals surface area contributed by atoms with E-state index in [-0.39, 0.29) is 17.7 Å². The summed E-state index contributed by atoms with van der Waals surface area (Å²) < 4.78 is 0. The maximum Gasteiger partial charge on any atom is 0.0670 e. The number of β-amino-alcohol motifs (C(OH)–C–C–N with tert-alkyl or cyclic N) is 1. The Hall–Kier alpha value is -0.120. The molecule has 0 amide bonds. The summed E-state index contributed by atoms with van der Waals surface area (Å²) in [7, 11) is 0. The van der Waals surface area contributed by atoms with Gasteiger partial charge >= 0.3 is 0 Å². The number of aliphatic hydroxyl groups is 2. The summed E-state index contributed by atoms with van der Waals surface area (Å²) in [5.74, 6) is 2.54. The van der Waals surface area contributed by atoms with E-state index in [9.17, 15) is 10.2 Å². The molecule has 108 valence electrons. The Bertz CT molecular complexity index is 374.